The van der Waals surface area contributed by atoms with Crippen molar-refractivity contribution in [2.24, 2.45) is 0 Å². The Morgan fingerprint density at radius 2 is 2.12 bits per heavy atom. The number of aryl methyl sites for hydroxylation is 1. The summed E-state index contributed by atoms with van der Waals surface area (Å²) >= 11 is 0. The van der Waals surface area contributed by atoms with Gasteiger partial charge in [0.2, 0.25) is 0 Å². The van der Waals surface area contributed by atoms with Crippen molar-refractivity contribution in [1.82, 2.24) is 15.1 Å². The summed E-state index contributed by atoms with van der Waals surface area (Å²) in [5, 5.41) is 44.3. The van der Waals surface area contributed by atoms with E-state index < -0.39 is 18.8 Å². The lowest BCUT2D eigenvalue weighted by Crippen LogP contribution is -2.53. The zero-order valence-electron chi connectivity index (χ0n) is 14.0. The average molecular weight is 361 g/mol. The first-order valence-electron chi connectivity index (χ1n) is 8.25. The SMILES string of the molecule is O=C(O)c1c(OC2CN(Cc3ccn[nH]3)C2)ccc(CCB(O)O)c1O. The molecule has 2 heterocycles. The van der Waals surface area contributed by atoms with Crippen molar-refractivity contribution in [2.45, 2.75) is 25.4 Å². The van der Waals surface area contributed by atoms with Crippen LogP contribution in [0, 0.1) is 0 Å². The third-order valence-corrected chi connectivity index (χ3v) is 4.28. The molecule has 10 heteroatoms. The van der Waals surface area contributed by atoms with Gasteiger partial charge in [-0.15, -0.1) is 0 Å². The third kappa shape index (κ3) is 4.16. The van der Waals surface area contributed by atoms with Gasteiger partial charge in [0.05, 0.1) is 0 Å². The van der Waals surface area contributed by atoms with Crippen molar-refractivity contribution < 1.29 is 29.8 Å². The second kappa shape index (κ2) is 7.77. The first-order chi connectivity index (χ1) is 12.4. The molecule has 1 aliphatic heterocycles. The average Bonchev–Trinajstić information content (AvgIpc) is 3.04. The largest absolute Gasteiger partial charge is 0.507 e. The topological polar surface area (TPSA) is 139 Å². The van der Waals surface area contributed by atoms with Crippen molar-refractivity contribution in [1.29, 1.82) is 0 Å². The predicted molar refractivity (Wildman–Crippen MR) is 92.0 cm³/mol. The second-order valence-corrected chi connectivity index (χ2v) is 6.29. The molecule has 0 saturated carbocycles. The summed E-state index contributed by atoms with van der Waals surface area (Å²) in [4.78, 5) is 13.7. The normalized spacial score (nSPS) is 14.8. The van der Waals surface area contributed by atoms with Gasteiger partial charge in [0.15, 0.2) is 0 Å². The number of phenols is 1. The molecule has 5 N–H and O–H groups in total. The summed E-state index contributed by atoms with van der Waals surface area (Å²) < 4.78 is 5.75. The maximum absolute atomic E-state index is 11.5. The molecule has 0 amide bonds. The molecule has 1 aromatic carbocycles. The molecule has 1 fully saturated rings. The summed E-state index contributed by atoms with van der Waals surface area (Å²) in [6, 6.07) is 4.93. The fourth-order valence-electron chi connectivity index (χ4n) is 2.93. The molecule has 26 heavy (non-hydrogen) atoms. The Bertz CT molecular complexity index is 762. The Kier molecular flexibility index (Phi) is 5.45. The predicted octanol–water partition coefficient (Wildman–Crippen LogP) is 0.0920. The maximum Gasteiger partial charge on any atom is 0.451 e. The Morgan fingerprint density at radius 1 is 1.35 bits per heavy atom. The van der Waals surface area contributed by atoms with Crippen LogP contribution in [0.3, 0.4) is 0 Å². The van der Waals surface area contributed by atoms with Crippen molar-refractivity contribution in [2.75, 3.05) is 13.1 Å². The van der Waals surface area contributed by atoms with Gasteiger partial charge in [-0.25, -0.2) is 4.79 Å². The number of carbonyl (C=O) groups is 1. The second-order valence-electron chi connectivity index (χ2n) is 6.29. The molecular weight excluding hydrogens is 341 g/mol. The number of aromatic nitrogens is 2. The van der Waals surface area contributed by atoms with E-state index in [2.05, 4.69) is 15.1 Å². The molecule has 138 valence electrons. The van der Waals surface area contributed by atoms with Crippen LogP contribution < -0.4 is 4.74 Å². The van der Waals surface area contributed by atoms with Gasteiger partial charge >= 0.3 is 13.1 Å². The van der Waals surface area contributed by atoms with E-state index in [1.165, 1.54) is 6.07 Å². The molecule has 0 unspecified atom stereocenters. The van der Waals surface area contributed by atoms with Gasteiger partial charge in [0.25, 0.3) is 0 Å². The van der Waals surface area contributed by atoms with Crippen molar-refractivity contribution >= 4 is 13.1 Å². The van der Waals surface area contributed by atoms with Crippen LogP contribution in [0.4, 0.5) is 0 Å². The number of rotatable bonds is 8. The van der Waals surface area contributed by atoms with E-state index in [9.17, 15) is 15.0 Å². The number of nitrogens with one attached hydrogen (secondary N) is 1. The highest BCUT2D eigenvalue weighted by atomic mass is 16.5. The molecule has 0 spiro atoms. The molecule has 9 nitrogen and oxygen atoms in total. The standard InChI is InChI=1S/C16H20BN3O6/c21-15-10(3-5-17(24)25)1-2-13(14(15)16(22)23)26-12-8-20(9-12)7-11-4-6-18-19-11/h1-2,4,6,12,21,24-25H,3,5,7-9H2,(H,18,19)(H,22,23). The number of aromatic amines is 1. The van der Waals surface area contributed by atoms with Crippen molar-refractivity contribution in [3.05, 3.63) is 41.2 Å². The first-order valence-corrected chi connectivity index (χ1v) is 8.25. The van der Waals surface area contributed by atoms with Crippen LogP contribution in [-0.4, -0.2) is 67.6 Å². The number of benzene rings is 1. The fraction of sp³-hybridized carbons (Fsp3) is 0.375. The minimum atomic E-state index is -1.52. The van der Waals surface area contributed by atoms with E-state index in [4.69, 9.17) is 14.8 Å². The van der Waals surface area contributed by atoms with Crippen LogP contribution >= 0.6 is 0 Å². The van der Waals surface area contributed by atoms with Gasteiger partial charge in [-0.1, -0.05) is 6.07 Å². The van der Waals surface area contributed by atoms with E-state index in [0.29, 0.717) is 25.2 Å². The number of carboxylic acids is 1. The number of nitrogens with zero attached hydrogens (tertiary/aromatic N) is 2. The summed E-state index contributed by atoms with van der Waals surface area (Å²) in [5.41, 5.74) is 1.02. The molecule has 0 aliphatic carbocycles. The molecule has 3 rings (SSSR count). The van der Waals surface area contributed by atoms with Gasteiger partial charge in [-0.3, -0.25) is 10.00 Å². The number of ether oxygens (including phenoxy) is 1. The summed E-state index contributed by atoms with van der Waals surface area (Å²) in [6.45, 7) is 1.98. The molecule has 2 aromatic rings. The minimum Gasteiger partial charge on any atom is -0.507 e. The lowest BCUT2D eigenvalue weighted by molar-refractivity contribution is 0.0127. The number of aromatic carboxylic acids is 1. The number of likely N-dealkylation sites (tertiary alicyclic amines) is 1. The molecule has 0 radical (unpaired) electrons. The molecular formula is C16H20BN3O6. The van der Waals surface area contributed by atoms with Crippen molar-refractivity contribution in [3.8, 4) is 11.5 Å². The molecule has 0 atom stereocenters. The van der Waals surface area contributed by atoms with Crippen LogP contribution in [0.5, 0.6) is 11.5 Å². The quantitative estimate of drug-likeness (QED) is 0.417. The zero-order valence-corrected chi connectivity index (χ0v) is 14.0. The zero-order chi connectivity index (χ0) is 18.7. The number of hydrogen-bond acceptors (Lipinski definition) is 7. The highest BCUT2D eigenvalue weighted by Gasteiger charge is 2.31. The van der Waals surface area contributed by atoms with Crippen LogP contribution in [0.25, 0.3) is 0 Å². The summed E-state index contributed by atoms with van der Waals surface area (Å²) in [6.07, 6.45) is 1.66. The highest BCUT2D eigenvalue weighted by molar-refractivity contribution is 6.41. The Labute approximate surface area is 150 Å². The van der Waals surface area contributed by atoms with E-state index >= 15 is 0 Å². The highest BCUT2D eigenvalue weighted by Crippen LogP contribution is 2.34. The fourth-order valence-corrected chi connectivity index (χ4v) is 2.93. The van der Waals surface area contributed by atoms with Crippen LogP contribution in [0.15, 0.2) is 24.4 Å². The van der Waals surface area contributed by atoms with Crippen LogP contribution in [-0.2, 0) is 13.0 Å². The third-order valence-electron chi connectivity index (χ3n) is 4.28. The smallest absolute Gasteiger partial charge is 0.451 e. The molecule has 1 saturated heterocycles. The van der Waals surface area contributed by atoms with E-state index in [1.54, 1.807) is 12.3 Å². The minimum absolute atomic E-state index is 0.00198. The Hall–Kier alpha value is -2.56. The van der Waals surface area contributed by atoms with E-state index in [0.717, 1.165) is 5.69 Å². The Morgan fingerprint density at radius 3 is 2.73 bits per heavy atom. The lowest BCUT2D eigenvalue weighted by atomic mass is 9.82. The van der Waals surface area contributed by atoms with Gasteiger partial charge in [0.1, 0.15) is 23.2 Å². The number of hydrogen-bond donors (Lipinski definition) is 5. The first kappa shape index (κ1) is 18.2. The van der Waals surface area contributed by atoms with E-state index in [1.807, 2.05) is 6.07 Å². The number of carboxylic acid groups (broad SMARTS) is 1. The molecule has 0 bridgehead atoms. The van der Waals surface area contributed by atoms with Gasteiger partial charge in [-0.2, -0.15) is 5.10 Å². The monoisotopic (exact) mass is 361 g/mol. The van der Waals surface area contributed by atoms with Gasteiger partial charge in [-0.05, 0) is 30.4 Å². The van der Waals surface area contributed by atoms with Crippen LogP contribution in [0.2, 0.25) is 6.32 Å². The van der Waals surface area contributed by atoms with E-state index in [-0.39, 0.29) is 30.2 Å². The van der Waals surface area contributed by atoms with Crippen molar-refractivity contribution in [3.63, 3.8) is 0 Å². The molecule has 1 aromatic heterocycles. The van der Waals surface area contributed by atoms with Gasteiger partial charge in [0, 0.05) is 31.5 Å². The van der Waals surface area contributed by atoms with Gasteiger partial charge < -0.3 is 25.0 Å². The maximum atomic E-state index is 11.5. The summed E-state index contributed by atoms with van der Waals surface area (Å²) in [5.74, 6) is -1.59. The number of aromatic hydroxyl groups is 1. The van der Waals surface area contributed by atoms with Crippen LogP contribution in [0.1, 0.15) is 21.6 Å². The lowest BCUT2D eigenvalue weighted by Gasteiger charge is -2.38. The Balaban J connectivity index is 1.64. The molecule has 1 aliphatic rings. The number of H-pyrrole nitrogens is 1. The summed E-state index contributed by atoms with van der Waals surface area (Å²) in [7, 11) is -1.52.